The molecular weight excluding hydrogens is 404 g/mol. The lowest BCUT2D eigenvalue weighted by molar-refractivity contribution is 0.0420. The van der Waals surface area contributed by atoms with Crippen molar-refractivity contribution >= 4 is 16.0 Å². The number of hydrogen-bond acceptors (Lipinski definition) is 5. The molecule has 0 saturated carbocycles. The minimum atomic E-state index is -3.39. The van der Waals surface area contributed by atoms with Gasteiger partial charge in [-0.2, -0.15) is 0 Å². The Labute approximate surface area is 180 Å². The van der Waals surface area contributed by atoms with E-state index in [9.17, 15) is 8.42 Å². The monoisotopic (exact) mass is 440 g/mol. The summed E-state index contributed by atoms with van der Waals surface area (Å²) in [6, 6.07) is 7.39. The molecule has 0 amide bonds. The molecule has 8 nitrogen and oxygen atoms in total. The minimum absolute atomic E-state index is 0.0525. The van der Waals surface area contributed by atoms with E-state index in [1.165, 1.54) is 0 Å². The Balaban J connectivity index is 1.88. The van der Waals surface area contributed by atoms with Crippen LogP contribution < -0.4 is 15.4 Å². The molecule has 2 rings (SSSR count). The molecule has 1 unspecified atom stereocenters. The highest BCUT2D eigenvalue weighted by Crippen LogP contribution is 2.14. The minimum Gasteiger partial charge on any atom is -0.379 e. The average molecular weight is 441 g/mol. The van der Waals surface area contributed by atoms with E-state index < -0.39 is 10.0 Å². The first kappa shape index (κ1) is 24.6. The highest BCUT2D eigenvalue weighted by atomic mass is 32.2. The molecule has 9 heteroatoms. The van der Waals surface area contributed by atoms with Crippen molar-refractivity contribution in [3.05, 3.63) is 35.4 Å². The van der Waals surface area contributed by atoms with Gasteiger partial charge in [-0.25, -0.2) is 18.1 Å². The van der Waals surface area contributed by atoms with Gasteiger partial charge in [0.05, 0.1) is 25.0 Å². The second-order valence-electron chi connectivity index (χ2n) is 7.63. The highest BCUT2D eigenvalue weighted by molar-refractivity contribution is 7.88. The molecule has 1 aromatic carbocycles. The smallest absolute Gasteiger partial charge is 0.216 e. The van der Waals surface area contributed by atoms with Gasteiger partial charge in [-0.05, 0) is 44.7 Å². The van der Waals surface area contributed by atoms with Crippen molar-refractivity contribution in [1.29, 1.82) is 0 Å². The topological polar surface area (TPSA) is 101 Å². The summed E-state index contributed by atoms with van der Waals surface area (Å²) >= 11 is 0. The lowest BCUT2D eigenvalue weighted by atomic mass is 10.1. The molecule has 0 aromatic heterocycles. The van der Waals surface area contributed by atoms with Crippen molar-refractivity contribution < 1.29 is 17.9 Å². The molecule has 170 valence electrons. The summed E-state index contributed by atoms with van der Waals surface area (Å²) in [5.74, 6) is 0.656. The maximum Gasteiger partial charge on any atom is 0.216 e. The summed E-state index contributed by atoms with van der Waals surface area (Å²) in [5, 5.41) is 6.53. The van der Waals surface area contributed by atoms with Crippen molar-refractivity contribution in [3.63, 3.8) is 0 Å². The van der Waals surface area contributed by atoms with Crippen LogP contribution >= 0.6 is 0 Å². The Bertz CT molecular complexity index is 762. The van der Waals surface area contributed by atoms with Crippen LogP contribution in [0.15, 0.2) is 29.3 Å². The number of sulfonamides is 1. The Morgan fingerprint density at radius 1 is 1.27 bits per heavy atom. The van der Waals surface area contributed by atoms with Gasteiger partial charge < -0.3 is 20.1 Å². The summed E-state index contributed by atoms with van der Waals surface area (Å²) in [5.41, 5.74) is 1.66. The van der Waals surface area contributed by atoms with E-state index in [0.717, 1.165) is 43.7 Å². The maximum atomic E-state index is 12.3. The van der Waals surface area contributed by atoms with Gasteiger partial charge in [0.2, 0.25) is 10.0 Å². The summed E-state index contributed by atoms with van der Waals surface area (Å²) in [4.78, 5) is 4.63. The molecule has 1 aliphatic heterocycles. The molecular formula is C21H36N4O4S. The number of hydrogen-bond donors (Lipinski definition) is 3. The van der Waals surface area contributed by atoms with E-state index >= 15 is 0 Å². The van der Waals surface area contributed by atoms with Crippen LogP contribution in [0.25, 0.3) is 0 Å². The Hall–Kier alpha value is -1.68. The maximum absolute atomic E-state index is 12.3. The van der Waals surface area contributed by atoms with Crippen LogP contribution in [-0.4, -0.2) is 59.4 Å². The predicted molar refractivity (Wildman–Crippen MR) is 120 cm³/mol. The van der Waals surface area contributed by atoms with Crippen LogP contribution in [0.3, 0.4) is 0 Å². The summed E-state index contributed by atoms with van der Waals surface area (Å²) in [7, 11) is -3.39. The van der Waals surface area contributed by atoms with Gasteiger partial charge in [-0.1, -0.05) is 24.3 Å². The zero-order chi connectivity index (χ0) is 21.8. The second kappa shape index (κ2) is 12.9. The van der Waals surface area contributed by atoms with Crippen LogP contribution in [0.4, 0.5) is 0 Å². The Morgan fingerprint density at radius 3 is 2.70 bits per heavy atom. The van der Waals surface area contributed by atoms with E-state index in [0.29, 0.717) is 25.7 Å². The Kier molecular flexibility index (Phi) is 10.6. The van der Waals surface area contributed by atoms with Gasteiger partial charge in [-0.15, -0.1) is 0 Å². The summed E-state index contributed by atoms with van der Waals surface area (Å²) in [6.07, 6.45) is 2.07. The molecule has 1 aliphatic rings. The first-order chi connectivity index (χ1) is 14.4. The molecule has 0 bridgehead atoms. The van der Waals surface area contributed by atoms with E-state index in [4.69, 9.17) is 9.47 Å². The van der Waals surface area contributed by atoms with Gasteiger partial charge >= 0.3 is 0 Å². The fourth-order valence-electron chi connectivity index (χ4n) is 3.14. The van der Waals surface area contributed by atoms with Crippen molar-refractivity contribution in [2.75, 3.05) is 32.9 Å². The number of guanidine groups is 1. The zero-order valence-corrected chi connectivity index (χ0v) is 19.1. The molecule has 3 N–H and O–H groups in total. The molecule has 1 fully saturated rings. The number of nitrogens with one attached hydrogen (secondary N) is 3. The van der Waals surface area contributed by atoms with E-state index in [1.54, 1.807) is 0 Å². The normalized spacial score (nSPS) is 17.5. The van der Waals surface area contributed by atoms with Crippen LogP contribution in [0.2, 0.25) is 0 Å². The zero-order valence-electron chi connectivity index (χ0n) is 18.3. The number of aliphatic imine (C=N–C) groups is 1. The first-order valence-electron chi connectivity index (χ1n) is 10.7. The van der Waals surface area contributed by atoms with Crippen LogP contribution in [0.5, 0.6) is 0 Å². The van der Waals surface area contributed by atoms with Crippen LogP contribution in [0, 0.1) is 0 Å². The highest BCUT2D eigenvalue weighted by Gasteiger charge is 2.16. The molecule has 0 spiro atoms. The van der Waals surface area contributed by atoms with Crippen molar-refractivity contribution in [2.24, 2.45) is 4.99 Å². The largest absolute Gasteiger partial charge is 0.379 e. The number of ether oxygens (including phenoxy) is 2. The second-order valence-corrected chi connectivity index (χ2v) is 9.39. The molecule has 1 heterocycles. The summed E-state index contributed by atoms with van der Waals surface area (Å²) in [6.45, 7) is 9.70. The third kappa shape index (κ3) is 9.42. The summed E-state index contributed by atoms with van der Waals surface area (Å²) < 4.78 is 38.3. The van der Waals surface area contributed by atoms with Gasteiger partial charge in [0.25, 0.3) is 0 Å². The number of nitrogens with zero attached hydrogens (tertiary/aromatic N) is 1. The first-order valence-corrected chi connectivity index (χ1v) is 12.3. The molecule has 1 saturated heterocycles. The molecule has 1 aromatic rings. The van der Waals surface area contributed by atoms with E-state index in [-0.39, 0.29) is 17.9 Å². The lowest BCUT2D eigenvalue weighted by Gasteiger charge is -2.14. The standard InChI is InChI=1S/C21H36N4O4S/c1-4-22-21(23-11-7-12-29-20-10-13-28-15-20)24-14-18-8-5-6-9-19(18)16-30(26,27)25-17(2)3/h5-6,8-9,17,20,25H,4,7,10-16H2,1-3H3,(H2,22,23,24). The molecule has 0 radical (unpaired) electrons. The predicted octanol–water partition coefficient (Wildman–Crippen LogP) is 1.77. The third-order valence-corrected chi connectivity index (χ3v) is 6.01. The van der Waals surface area contributed by atoms with Crippen molar-refractivity contribution in [3.8, 4) is 0 Å². The van der Waals surface area contributed by atoms with E-state index in [2.05, 4.69) is 20.3 Å². The van der Waals surface area contributed by atoms with Gasteiger partial charge in [0.1, 0.15) is 0 Å². The number of rotatable bonds is 12. The average Bonchev–Trinajstić information content (AvgIpc) is 3.19. The Morgan fingerprint density at radius 2 is 2.03 bits per heavy atom. The lowest BCUT2D eigenvalue weighted by Crippen LogP contribution is -2.38. The quantitative estimate of drug-likeness (QED) is 0.260. The van der Waals surface area contributed by atoms with Gasteiger partial charge in [-0.3, -0.25) is 0 Å². The molecule has 1 atom stereocenters. The number of benzene rings is 1. The van der Waals surface area contributed by atoms with Crippen LogP contribution in [0.1, 0.15) is 44.7 Å². The molecule has 0 aliphatic carbocycles. The van der Waals surface area contributed by atoms with Crippen LogP contribution in [-0.2, 0) is 31.8 Å². The molecule has 30 heavy (non-hydrogen) atoms. The fraction of sp³-hybridized carbons (Fsp3) is 0.667. The van der Waals surface area contributed by atoms with Crippen molar-refractivity contribution in [2.45, 2.75) is 58.1 Å². The fourth-order valence-corrected chi connectivity index (χ4v) is 4.63. The van der Waals surface area contributed by atoms with Gasteiger partial charge in [0.15, 0.2) is 5.96 Å². The SMILES string of the molecule is CCNC(=NCc1ccccc1CS(=O)(=O)NC(C)C)NCCCOC1CCOC1. The third-order valence-electron chi connectivity index (χ3n) is 4.49. The van der Waals surface area contributed by atoms with Gasteiger partial charge in [0, 0.05) is 32.3 Å². The van der Waals surface area contributed by atoms with Crippen molar-refractivity contribution in [1.82, 2.24) is 15.4 Å². The van der Waals surface area contributed by atoms with E-state index in [1.807, 2.05) is 45.0 Å².